The fourth-order valence-electron chi connectivity index (χ4n) is 4.16. The maximum Gasteiger partial charge on any atom is 0.416 e. The number of anilines is 1. The van der Waals surface area contributed by atoms with Gasteiger partial charge in [-0.05, 0) is 63.0 Å². The number of amides is 3. The number of hydrogen-bond donors (Lipinski definition) is 4. The monoisotopic (exact) mass is 472 g/mol. The Balaban J connectivity index is 1.40. The van der Waals surface area contributed by atoms with Crippen LogP contribution in [0.25, 0.3) is 0 Å². The minimum Gasteiger partial charge on any atom is -0.394 e. The molecule has 2 heterocycles. The van der Waals surface area contributed by atoms with E-state index in [1.165, 1.54) is 25.0 Å². The van der Waals surface area contributed by atoms with E-state index in [2.05, 4.69) is 20.9 Å². The summed E-state index contributed by atoms with van der Waals surface area (Å²) in [6, 6.07) is 3.01. The predicted octanol–water partition coefficient (Wildman–Crippen LogP) is 2.34. The lowest BCUT2D eigenvalue weighted by molar-refractivity contribution is -0.137. The minimum absolute atomic E-state index is 0.109. The number of hydrogen-bond acceptors (Lipinski definition) is 5. The summed E-state index contributed by atoms with van der Waals surface area (Å²) in [5, 5.41) is 17.7. The highest BCUT2D eigenvalue weighted by atomic mass is 19.4. The first-order chi connectivity index (χ1) is 15.7. The van der Waals surface area contributed by atoms with E-state index in [-0.39, 0.29) is 30.7 Å². The summed E-state index contributed by atoms with van der Waals surface area (Å²) in [4.78, 5) is 26.8. The Bertz CT molecular complexity index is 785. The number of carbonyl (C=O) groups excluding carboxylic acids is 2. The summed E-state index contributed by atoms with van der Waals surface area (Å²) in [7, 11) is 0. The third kappa shape index (κ3) is 7.86. The van der Waals surface area contributed by atoms with Gasteiger partial charge in [-0.2, -0.15) is 13.2 Å². The second-order valence-electron chi connectivity index (χ2n) is 8.44. The Hall–Kier alpha value is -2.37. The highest BCUT2D eigenvalue weighted by molar-refractivity contribution is 5.89. The van der Waals surface area contributed by atoms with E-state index in [1.807, 2.05) is 0 Å². The number of ether oxygens (including phenoxy) is 1. The first-order valence-corrected chi connectivity index (χ1v) is 11.2. The number of aliphatic hydroxyl groups excluding tert-OH is 1. The van der Waals surface area contributed by atoms with E-state index in [1.54, 1.807) is 0 Å². The molecule has 8 nitrogen and oxygen atoms in total. The lowest BCUT2D eigenvalue weighted by Crippen LogP contribution is -2.52. The summed E-state index contributed by atoms with van der Waals surface area (Å²) in [5.74, 6) is -0.109. The first kappa shape index (κ1) is 25.3. The third-order valence-corrected chi connectivity index (χ3v) is 5.94. The van der Waals surface area contributed by atoms with Gasteiger partial charge in [-0.3, -0.25) is 4.79 Å². The number of carbonyl (C=O) groups is 2. The molecule has 0 saturated carbocycles. The molecule has 0 radical (unpaired) electrons. The second kappa shape index (κ2) is 11.7. The molecule has 4 N–H and O–H groups in total. The molecule has 3 atom stereocenters. The van der Waals surface area contributed by atoms with Gasteiger partial charge in [-0.15, -0.1) is 0 Å². The van der Waals surface area contributed by atoms with Crippen molar-refractivity contribution in [2.75, 3.05) is 38.1 Å². The average molecular weight is 473 g/mol. The molecule has 2 aliphatic rings. The standard InChI is InChI=1S/C22H31F3N4O4/c23-22(24,25)15-3-5-16(6-4-15)27-21(32)28-18-8-7-17(33-19(18)14-30)13-20(31)26-9-12-29-10-1-2-11-29/h3-6,17-19,30H,1-2,7-14H2,(H,26,31)(H2,27,28,32)/t17-,18-,19+/m1/s1. The maximum absolute atomic E-state index is 12.6. The van der Waals surface area contributed by atoms with Gasteiger partial charge in [0.05, 0.1) is 30.7 Å². The number of halogens is 3. The largest absolute Gasteiger partial charge is 0.416 e. The third-order valence-electron chi connectivity index (χ3n) is 5.94. The van der Waals surface area contributed by atoms with Gasteiger partial charge in [-0.1, -0.05) is 0 Å². The number of urea groups is 1. The molecule has 0 aromatic heterocycles. The lowest BCUT2D eigenvalue weighted by Gasteiger charge is -2.36. The van der Waals surface area contributed by atoms with Gasteiger partial charge in [0.1, 0.15) is 6.10 Å². The van der Waals surface area contributed by atoms with E-state index >= 15 is 0 Å². The average Bonchev–Trinajstić information content (AvgIpc) is 3.28. The summed E-state index contributed by atoms with van der Waals surface area (Å²) in [5.41, 5.74) is -0.595. The zero-order chi connectivity index (χ0) is 23.8. The quantitative estimate of drug-likeness (QED) is 0.465. The fourth-order valence-corrected chi connectivity index (χ4v) is 4.16. The van der Waals surface area contributed by atoms with E-state index < -0.39 is 29.9 Å². The van der Waals surface area contributed by atoms with E-state index in [0.29, 0.717) is 19.4 Å². The number of nitrogens with zero attached hydrogens (tertiary/aromatic N) is 1. The molecule has 1 aromatic rings. The van der Waals surface area contributed by atoms with Crippen molar-refractivity contribution in [3.63, 3.8) is 0 Å². The first-order valence-electron chi connectivity index (χ1n) is 11.2. The molecule has 0 spiro atoms. The van der Waals surface area contributed by atoms with Crippen LogP contribution in [-0.2, 0) is 15.7 Å². The van der Waals surface area contributed by atoms with Crippen LogP contribution in [0.1, 0.15) is 37.7 Å². The molecule has 2 saturated heterocycles. The number of likely N-dealkylation sites (tertiary alicyclic amines) is 1. The van der Waals surface area contributed by atoms with Crippen LogP contribution >= 0.6 is 0 Å². The molecular weight excluding hydrogens is 441 g/mol. The molecule has 0 aliphatic carbocycles. The van der Waals surface area contributed by atoms with Crippen LogP contribution in [0.4, 0.5) is 23.7 Å². The normalized spacial score (nSPS) is 23.8. The second-order valence-corrected chi connectivity index (χ2v) is 8.44. The number of benzene rings is 1. The van der Waals surface area contributed by atoms with E-state index in [9.17, 15) is 27.9 Å². The molecule has 11 heteroatoms. The van der Waals surface area contributed by atoms with Crippen molar-refractivity contribution in [2.45, 2.75) is 56.5 Å². The van der Waals surface area contributed by atoms with Crippen LogP contribution < -0.4 is 16.0 Å². The van der Waals surface area contributed by atoms with E-state index in [0.717, 1.165) is 31.8 Å². The Labute approximate surface area is 190 Å². The Morgan fingerprint density at radius 1 is 1.12 bits per heavy atom. The number of rotatable bonds is 8. The van der Waals surface area contributed by atoms with Gasteiger partial charge >= 0.3 is 12.2 Å². The van der Waals surface area contributed by atoms with Gasteiger partial charge < -0.3 is 30.7 Å². The van der Waals surface area contributed by atoms with Crippen molar-refractivity contribution in [3.05, 3.63) is 29.8 Å². The molecule has 33 heavy (non-hydrogen) atoms. The number of aliphatic hydroxyl groups is 1. The predicted molar refractivity (Wildman–Crippen MR) is 116 cm³/mol. The molecule has 1 aromatic carbocycles. The van der Waals surface area contributed by atoms with Crippen LogP contribution in [0.5, 0.6) is 0 Å². The Kier molecular flexibility index (Phi) is 8.93. The zero-order valence-electron chi connectivity index (χ0n) is 18.4. The van der Waals surface area contributed by atoms with Gasteiger partial charge in [-0.25, -0.2) is 4.79 Å². The molecule has 0 unspecified atom stereocenters. The van der Waals surface area contributed by atoms with Crippen molar-refractivity contribution in [1.29, 1.82) is 0 Å². The Morgan fingerprint density at radius 2 is 1.82 bits per heavy atom. The zero-order valence-corrected chi connectivity index (χ0v) is 18.4. The minimum atomic E-state index is -4.45. The van der Waals surface area contributed by atoms with Crippen molar-refractivity contribution in [1.82, 2.24) is 15.5 Å². The van der Waals surface area contributed by atoms with Crippen LogP contribution in [0.2, 0.25) is 0 Å². The SMILES string of the molecule is O=C(C[C@H]1CC[C@@H](NC(=O)Nc2ccc(C(F)(F)F)cc2)[C@H](CO)O1)NCCN1CCCC1. The highest BCUT2D eigenvalue weighted by Gasteiger charge is 2.33. The molecular formula is C22H31F3N4O4. The van der Waals surface area contributed by atoms with Gasteiger partial charge in [0.25, 0.3) is 0 Å². The molecule has 3 rings (SSSR count). The van der Waals surface area contributed by atoms with Crippen LogP contribution in [-0.4, -0.2) is 73.0 Å². The van der Waals surface area contributed by atoms with Crippen molar-refractivity contribution < 1.29 is 32.6 Å². The lowest BCUT2D eigenvalue weighted by atomic mass is 9.97. The smallest absolute Gasteiger partial charge is 0.394 e. The molecule has 3 amide bonds. The summed E-state index contributed by atoms with van der Waals surface area (Å²) in [6.45, 7) is 3.22. The summed E-state index contributed by atoms with van der Waals surface area (Å²) >= 11 is 0. The topological polar surface area (TPSA) is 103 Å². The molecule has 2 aliphatic heterocycles. The summed E-state index contributed by atoms with van der Waals surface area (Å²) < 4.78 is 43.7. The number of alkyl halides is 3. The molecule has 2 fully saturated rings. The molecule has 184 valence electrons. The maximum atomic E-state index is 12.6. The van der Waals surface area contributed by atoms with E-state index in [4.69, 9.17) is 4.74 Å². The van der Waals surface area contributed by atoms with Crippen molar-refractivity contribution in [2.24, 2.45) is 0 Å². The van der Waals surface area contributed by atoms with Gasteiger partial charge in [0, 0.05) is 18.8 Å². The van der Waals surface area contributed by atoms with Crippen molar-refractivity contribution in [3.8, 4) is 0 Å². The van der Waals surface area contributed by atoms with Crippen molar-refractivity contribution >= 4 is 17.6 Å². The van der Waals surface area contributed by atoms with Gasteiger partial charge in [0.15, 0.2) is 0 Å². The fraction of sp³-hybridized carbons (Fsp3) is 0.636. The highest BCUT2D eigenvalue weighted by Crippen LogP contribution is 2.30. The van der Waals surface area contributed by atoms with Crippen LogP contribution in [0.3, 0.4) is 0 Å². The van der Waals surface area contributed by atoms with Gasteiger partial charge in [0.2, 0.25) is 5.91 Å². The van der Waals surface area contributed by atoms with Crippen LogP contribution in [0.15, 0.2) is 24.3 Å². The number of nitrogens with one attached hydrogen (secondary N) is 3. The Morgan fingerprint density at radius 3 is 2.45 bits per heavy atom. The van der Waals surface area contributed by atoms with Crippen LogP contribution in [0, 0.1) is 0 Å². The molecule has 0 bridgehead atoms. The summed E-state index contributed by atoms with van der Waals surface area (Å²) in [6.07, 6.45) is -1.88.